The number of nitrogens with zero attached hydrogens (tertiary/aromatic N) is 2. The third-order valence-electron chi connectivity index (χ3n) is 5.37. The fourth-order valence-electron chi connectivity index (χ4n) is 3.68. The Morgan fingerprint density at radius 3 is 2.38 bits per heavy atom. The molecule has 0 saturated heterocycles. The molecule has 2 aromatic carbocycles. The minimum atomic E-state index is -4.74. The fraction of sp³-hybridized carbons (Fsp3) is 0.440. The van der Waals surface area contributed by atoms with Gasteiger partial charge in [-0.05, 0) is 56.7 Å². The molecule has 0 bridgehead atoms. The quantitative estimate of drug-likeness (QED) is 0.512. The van der Waals surface area contributed by atoms with E-state index in [4.69, 9.17) is 9.47 Å². The number of benzene rings is 2. The van der Waals surface area contributed by atoms with Crippen molar-refractivity contribution in [3.63, 3.8) is 0 Å². The van der Waals surface area contributed by atoms with Gasteiger partial charge in [0.25, 0.3) is 10.0 Å². The predicted molar refractivity (Wildman–Crippen MR) is 130 cm³/mol. The summed E-state index contributed by atoms with van der Waals surface area (Å²) in [7, 11) is -1.43. The lowest BCUT2D eigenvalue weighted by Gasteiger charge is -2.36. The second-order valence-electron chi connectivity index (χ2n) is 9.86. The number of esters is 1. The number of amides is 1. The molecule has 0 radical (unpaired) electrons. The van der Waals surface area contributed by atoms with E-state index in [9.17, 15) is 31.2 Å². The van der Waals surface area contributed by atoms with E-state index in [0.29, 0.717) is 11.6 Å². The van der Waals surface area contributed by atoms with E-state index < -0.39 is 44.3 Å². The summed E-state index contributed by atoms with van der Waals surface area (Å²) >= 11 is 0. The van der Waals surface area contributed by atoms with Gasteiger partial charge >= 0.3 is 12.1 Å². The number of ether oxygens (including phenoxy) is 2. The van der Waals surface area contributed by atoms with Crippen LogP contribution in [0.15, 0.2) is 47.4 Å². The van der Waals surface area contributed by atoms with E-state index in [0.717, 1.165) is 22.5 Å². The average Bonchev–Trinajstić information content (AvgIpc) is 2.76. The van der Waals surface area contributed by atoms with Crippen molar-refractivity contribution < 1.29 is 40.7 Å². The molecule has 3 rings (SSSR count). The van der Waals surface area contributed by atoms with Crippen LogP contribution in [0.4, 0.5) is 18.9 Å². The summed E-state index contributed by atoms with van der Waals surface area (Å²) in [6.07, 6.45) is -5.94. The number of carbonyl (C=O) groups excluding carboxylic acids is 2. The summed E-state index contributed by atoms with van der Waals surface area (Å²) in [6.45, 7) is 4.82. The first-order valence-electron chi connectivity index (χ1n) is 11.4. The third kappa shape index (κ3) is 6.94. The maximum atomic E-state index is 13.6. The molecule has 0 aromatic heterocycles. The summed E-state index contributed by atoms with van der Waals surface area (Å²) in [5, 5.41) is 0. The van der Waals surface area contributed by atoms with Crippen molar-refractivity contribution in [2.45, 2.75) is 56.4 Å². The lowest BCUT2D eigenvalue weighted by molar-refractivity contribution is -0.154. The molecule has 2 aromatic rings. The summed E-state index contributed by atoms with van der Waals surface area (Å²) in [5.41, 5.74) is -1.37. The number of carbonyl (C=O) groups is 2. The molecular formula is C25H29F3N2O6S. The van der Waals surface area contributed by atoms with Crippen LogP contribution in [-0.4, -0.2) is 57.5 Å². The van der Waals surface area contributed by atoms with Crippen molar-refractivity contribution in [2.24, 2.45) is 0 Å². The van der Waals surface area contributed by atoms with Crippen molar-refractivity contribution in [1.82, 2.24) is 4.90 Å². The van der Waals surface area contributed by atoms with Crippen molar-refractivity contribution in [3.8, 4) is 5.75 Å². The van der Waals surface area contributed by atoms with Crippen molar-refractivity contribution in [2.75, 3.05) is 24.9 Å². The Balaban J connectivity index is 2.05. The fourth-order valence-corrected chi connectivity index (χ4v) is 5.23. The predicted octanol–water partition coefficient (Wildman–Crippen LogP) is 4.02. The van der Waals surface area contributed by atoms with E-state index in [1.54, 1.807) is 40.9 Å². The lowest BCUT2D eigenvalue weighted by atomic mass is 10.1. The Hall–Kier alpha value is -3.28. The Bertz CT molecular complexity index is 1290. The number of sulfonamides is 1. The summed E-state index contributed by atoms with van der Waals surface area (Å²) in [6, 6.07) is 7.89. The van der Waals surface area contributed by atoms with Crippen LogP contribution in [0.1, 0.15) is 38.3 Å². The molecule has 0 fully saturated rings. The van der Waals surface area contributed by atoms with Gasteiger partial charge in [-0.1, -0.05) is 12.1 Å². The zero-order chi connectivity index (χ0) is 27.8. The summed E-state index contributed by atoms with van der Waals surface area (Å²) in [4.78, 5) is 25.4. The first-order valence-corrected chi connectivity index (χ1v) is 12.8. The van der Waals surface area contributed by atoms with Gasteiger partial charge in [0.1, 0.15) is 17.5 Å². The number of fused-ring (bicyclic) bond motifs is 1. The van der Waals surface area contributed by atoms with Gasteiger partial charge in [-0.15, -0.1) is 0 Å². The molecule has 12 heteroatoms. The molecular weight excluding hydrogens is 513 g/mol. The van der Waals surface area contributed by atoms with E-state index in [-0.39, 0.29) is 36.7 Å². The standard InChI is InChI=1S/C25H29F3N2O6S/c1-24(2,3)36-23(32)12-16-9-10-21-20(11-16)30(15-18(35-21)14-22(31)29(4)5)37(33,34)19-8-6-7-17(13-19)25(26,27)28/h6-11,13,18H,12,14-15H2,1-5H3/t18-/m0/s1. The highest BCUT2D eigenvalue weighted by molar-refractivity contribution is 7.92. The van der Waals surface area contributed by atoms with Gasteiger partial charge in [-0.3, -0.25) is 13.9 Å². The van der Waals surface area contributed by atoms with Gasteiger partial charge in [-0.2, -0.15) is 13.2 Å². The number of rotatable bonds is 6. The maximum Gasteiger partial charge on any atom is 0.416 e. The Morgan fingerprint density at radius 1 is 1.11 bits per heavy atom. The lowest BCUT2D eigenvalue weighted by Crippen LogP contribution is -2.45. The molecule has 0 saturated carbocycles. The highest BCUT2D eigenvalue weighted by atomic mass is 32.2. The number of anilines is 1. The highest BCUT2D eigenvalue weighted by Crippen LogP contribution is 2.39. The molecule has 0 unspecified atom stereocenters. The summed E-state index contributed by atoms with van der Waals surface area (Å²) < 4.78 is 79.3. The molecule has 1 heterocycles. The minimum absolute atomic E-state index is 0.0482. The molecule has 0 aliphatic carbocycles. The number of hydrogen-bond acceptors (Lipinski definition) is 6. The summed E-state index contributed by atoms with van der Waals surface area (Å²) in [5.74, 6) is -0.733. The first kappa shape index (κ1) is 28.3. The van der Waals surface area contributed by atoms with Gasteiger partial charge in [0.05, 0.1) is 35.5 Å². The van der Waals surface area contributed by atoms with Gasteiger partial charge in [0.2, 0.25) is 5.91 Å². The molecule has 0 N–H and O–H groups in total. The van der Waals surface area contributed by atoms with Crippen molar-refractivity contribution in [1.29, 1.82) is 0 Å². The zero-order valence-corrected chi connectivity index (χ0v) is 21.9. The van der Waals surface area contributed by atoms with Gasteiger partial charge in [0.15, 0.2) is 0 Å². The van der Waals surface area contributed by atoms with Crippen LogP contribution in [0.5, 0.6) is 5.75 Å². The minimum Gasteiger partial charge on any atom is -0.486 e. The highest BCUT2D eigenvalue weighted by Gasteiger charge is 2.38. The van der Waals surface area contributed by atoms with E-state index in [1.807, 2.05) is 0 Å². The molecule has 8 nitrogen and oxygen atoms in total. The van der Waals surface area contributed by atoms with Crippen molar-refractivity contribution >= 4 is 27.6 Å². The largest absolute Gasteiger partial charge is 0.486 e. The first-order chi connectivity index (χ1) is 17.0. The molecule has 1 atom stereocenters. The van der Waals surface area contributed by atoms with Crippen LogP contribution in [0.3, 0.4) is 0 Å². The Kier molecular flexibility index (Phi) is 7.83. The van der Waals surface area contributed by atoms with Crippen LogP contribution in [0.25, 0.3) is 0 Å². The smallest absolute Gasteiger partial charge is 0.416 e. The van der Waals surface area contributed by atoms with Crippen LogP contribution in [0.2, 0.25) is 0 Å². The van der Waals surface area contributed by atoms with Crippen molar-refractivity contribution in [3.05, 3.63) is 53.6 Å². The second-order valence-corrected chi connectivity index (χ2v) is 11.7. The number of halogens is 3. The molecule has 202 valence electrons. The molecule has 1 aliphatic rings. The third-order valence-corrected chi connectivity index (χ3v) is 7.15. The van der Waals surface area contributed by atoms with Gasteiger partial charge < -0.3 is 14.4 Å². The van der Waals surface area contributed by atoms with E-state index >= 15 is 0 Å². The number of alkyl halides is 3. The molecule has 0 spiro atoms. The van der Waals surface area contributed by atoms with E-state index in [1.165, 1.54) is 17.0 Å². The Morgan fingerprint density at radius 2 is 1.78 bits per heavy atom. The van der Waals surface area contributed by atoms with Crippen LogP contribution >= 0.6 is 0 Å². The SMILES string of the molecule is CN(C)C(=O)C[C@H]1CN(S(=O)(=O)c2cccc(C(F)(F)F)c2)c2cc(CC(=O)OC(C)(C)C)ccc2O1. The van der Waals surface area contributed by atoms with Crippen LogP contribution in [0, 0.1) is 0 Å². The number of hydrogen-bond donors (Lipinski definition) is 0. The van der Waals surface area contributed by atoms with E-state index in [2.05, 4.69) is 0 Å². The molecule has 1 amide bonds. The van der Waals surface area contributed by atoms with Gasteiger partial charge in [-0.25, -0.2) is 8.42 Å². The average molecular weight is 543 g/mol. The van der Waals surface area contributed by atoms with Crippen LogP contribution in [-0.2, 0) is 36.9 Å². The topological polar surface area (TPSA) is 93.2 Å². The maximum absolute atomic E-state index is 13.6. The molecule has 1 aliphatic heterocycles. The van der Waals surface area contributed by atoms with Gasteiger partial charge in [0, 0.05) is 14.1 Å². The normalized spacial score (nSPS) is 16.0. The second kappa shape index (κ2) is 10.2. The monoisotopic (exact) mass is 542 g/mol. The molecule has 37 heavy (non-hydrogen) atoms. The zero-order valence-electron chi connectivity index (χ0n) is 21.1. The van der Waals surface area contributed by atoms with Crippen LogP contribution < -0.4 is 9.04 Å². The Labute approximate surface area is 214 Å².